The van der Waals surface area contributed by atoms with Gasteiger partial charge >= 0.3 is 7.12 Å². The van der Waals surface area contributed by atoms with E-state index in [0.717, 1.165) is 18.2 Å². The van der Waals surface area contributed by atoms with Crippen LogP contribution in [0.15, 0.2) is 35.4 Å². The van der Waals surface area contributed by atoms with E-state index in [1.54, 1.807) is 12.3 Å². The van der Waals surface area contributed by atoms with Gasteiger partial charge in [-0.15, -0.1) is 0 Å². The Morgan fingerprint density at radius 2 is 1.72 bits per heavy atom. The number of hydrogen-bond donors (Lipinski definition) is 1. The van der Waals surface area contributed by atoms with Crippen molar-refractivity contribution in [3.8, 4) is 0 Å². The molecule has 0 atom stereocenters. The summed E-state index contributed by atoms with van der Waals surface area (Å²) in [7, 11) is -7.06. The third-order valence-corrected chi connectivity index (χ3v) is 13.6. The molecule has 1 aromatic heterocycles. The van der Waals surface area contributed by atoms with Crippen molar-refractivity contribution in [3.05, 3.63) is 47.0 Å². The first-order chi connectivity index (χ1) is 16.3. The maximum atomic E-state index is 13.5. The smallest absolute Gasteiger partial charge is 0.411 e. The second-order valence-electron chi connectivity index (χ2n) is 11.6. The zero-order valence-electron chi connectivity index (χ0n) is 22.3. The summed E-state index contributed by atoms with van der Waals surface area (Å²) in [6, 6.07) is 4.75. The van der Waals surface area contributed by atoms with Gasteiger partial charge in [0.15, 0.2) is 8.32 Å². The Balaban J connectivity index is 2.01. The zero-order chi connectivity index (χ0) is 27.3. The van der Waals surface area contributed by atoms with E-state index in [1.807, 2.05) is 27.7 Å². The van der Waals surface area contributed by atoms with Gasteiger partial charge in [0.1, 0.15) is 10.7 Å². The lowest BCUT2D eigenvalue weighted by atomic mass is 9.80. The van der Waals surface area contributed by atoms with Crippen molar-refractivity contribution in [2.45, 2.75) is 89.3 Å². The maximum absolute atomic E-state index is 13.5. The number of nitrogens with one attached hydrogen (secondary N) is 1. The molecule has 0 aliphatic carbocycles. The molecule has 0 saturated carbocycles. The quantitative estimate of drug-likeness (QED) is 0.454. The molecule has 0 spiro atoms. The third-order valence-electron chi connectivity index (χ3n) is 7.32. The monoisotopic (exact) mass is 556 g/mol. The van der Waals surface area contributed by atoms with Crippen LogP contribution in [0.4, 0.5) is 10.1 Å². The molecular formula is C24H35BClFN2O5SSi. The summed E-state index contributed by atoms with van der Waals surface area (Å²) in [6.45, 7) is 18.4. The van der Waals surface area contributed by atoms with Crippen molar-refractivity contribution in [1.29, 1.82) is 0 Å². The van der Waals surface area contributed by atoms with Crippen LogP contribution in [0, 0.1) is 5.82 Å². The Kier molecular flexibility index (Phi) is 7.81. The molecule has 198 valence electrons. The predicted molar refractivity (Wildman–Crippen MR) is 144 cm³/mol. The van der Waals surface area contributed by atoms with Crippen LogP contribution >= 0.6 is 11.6 Å². The van der Waals surface area contributed by atoms with Gasteiger partial charge in [-0.25, -0.2) is 12.8 Å². The molecule has 0 radical (unpaired) electrons. The van der Waals surface area contributed by atoms with Gasteiger partial charge in [0.2, 0.25) is 0 Å². The number of sulfonamides is 1. The average Bonchev–Trinajstić information content (AvgIpc) is 2.92. The molecule has 1 saturated heterocycles. The minimum atomic E-state index is -4.17. The second kappa shape index (κ2) is 9.67. The maximum Gasteiger partial charge on any atom is 0.496 e. The number of rotatable bonds is 7. The largest absolute Gasteiger partial charge is 0.496 e. The number of aromatic nitrogens is 1. The molecule has 3 rings (SSSR count). The molecular weight excluding hydrogens is 522 g/mol. The normalized spacial score (nSPS) is 17.9. The molecule has 0 bridgehead atoms. The van der Waals surface area contributed by atoms with Gasteiger partial charge in [-0.3, -0.25) is 9.71 Å². The van der Waals surface area contributed by atoms with Gasteiger partial charge in [0.05, 0.1) is 34.2 Å². The van der Waals surface area contributed by atoms with Gasteiger partial charge in [-0.1, -0.05) is 32.4 Å². The van der Waals surface area contributed by atoms with E-state index in [-0.39, 0.29) is 27.3 Å². The van der Waals surface area contributed by atoms with E-state index in [4.69, 9.17) is 25.3 Å². The first kappa shape index (κ1) is 29.1. The summed E-state index contributed by atoms with van der Waals surface area (Å²) >= 11 is 6.05. The molecule has 36 heavy (non-hydrogen) atoms. The molecule has 1 aliphatic rings. The van der Waals surface area contributed by atoms with E-state index >= 15 is 0 Å². The first-order valence-corrected chi connectivity index (χ1v) is 16.5. The van der Waals surface area contributed by atoms with Crippen LogP contribution in [0.2, 0.25) is 23.2 Å². The lowest BCUT2D eigenvalue weighted by Gasteiger charge is -2.36. The summed E-state index contributed by atoms with van der Waals surface area (Å²) in [4.78, 5) is 4.29. The summed E-state index contributed by atoms with van der Waals surface area (Å²) in [5, 5.41) is -0.270. The van der Waals surface area contributed by atoms with Crippen LogP contribution in [-0.2, 0) is 30.4 Å². The van der Waals surface area contributed by atoms with E-state index in [2.05, 4.69) is 43.6 Å². The predicted octanol–water partition coefficient (Wildman–Crippen LogP) is 5.50. The molecule has 0 unspecified atom stereocenters. The fraction of sp³-hybridized carbons (Fsp3) is 0.542. The third kappa shape index (κ3) is 5.97. The van der Waals surface area contributed by atoms with Gasteiger partial charge in [0, 0.05) is 11.7 Å². The van der Waals surface area contributed by atoms with Crippen molar-refractivity contribution in [1.82, 2.24) is 4.98 Å². The van der Waals surface area contributed by atoms with Crippen LogP contribution in [0.3, 0.4) is 0 Å². The molecule has 1 aliphatic heterocycles. The number of anilines is 1. The number of benzene rings is 1. The number of halogens is 2. The lowest BCUT2D eigenvalue weighted by Crippen LogP contribution is -2.41. The van der Waals surface area contributed by atoms with Crippen LogP contribution in [0.1, 0.15) is 54.2 Å². The SMILES string of the molecule is CC1(C)OB(c2cnc(CO[Si](C)(C)C(C)(C)C)c(NS(=O)(=O)c3ccc(F)cc3Cl)c2)OC1(C)C. The summed E-state index contributed by atoms with van der Waals surface area (Å²) < 4.78 is 61.2. The van der Waals surface area contributed by atoms with Crippen LogP contribution in [0.25, 0.3) is 0 Å². The second-order valence-corrected chi connectivity index (χ2v) is 18.4. The van der Waals surface area contributed by atoms with Gasteiger partial charge < -0.3 is 13.7 Å². The zero-order valence-corrected chi connectivity index (χ0v) is 24.9. The van der Waals surface area contributed by atoms with Gasteiger partial charge in [0.25, 0.3) is 10.0 Å². The van der Waals surface area contributed by atoms with Gasteiger partial charge in [-0.05, 0) is 70.1 Å². The highest BCUT2D eigenvalue weighted by atomic mass is 35.5. The minimum absolute atomic E-state index is 0.0447. The van der Waals surface area contributed by atoms with Crippen LogP contribution in [0.5, 0.6) is 0 Å². The van der Waals surface area contributed by atoms with Crippen molar-refractivity contribution in [2.75, 3.05) is 4.72 Å². The summed E-state index contributed by atoms with van der Waals surface area (Å²) in [6.07, 6.45) is 1.61. The molecule has 1 aromatic carbocycles. The lowest BCUT2D eigenvalue weighted by molar-refractivity contribution is 0.00578. The van der Waals surface area contributed by atoms with E-state index in [9.17, 15) is 12.8 Å². The first-order valence-electron chi connectivity index (χ1n) is 11.7. The fourth-order valence-electron chi connectivity index (χ4n) is 3.18. The van der Waals surface area contributed by atoms with Crippen molar-refractivity contribution >= 4 is 48.2 Å². The van der Waals surface area contributed by atoms with Crippen molar-refractivity contribution < 1.29 is 26.5 Å². The van der Waals surface area contributed by atoms with Crippen LogP contribution in [-0.4, -0.2) is 40.0 Å². The topological polar surface area (TPSA) is 86.8 Å². The number of hydrogen-bond acceptors (Lipinski definition) is 6. The van der Waals surface area contributed by atoms with E-state index in [1.165, 1.54) is 0 Å². The fourth-order valence-corrected chi connectivity index (χ4v) is 5.72. The highest BCUT2D eigenvalue weighted by Crippen LogP contribution is 2.38. The molecule has 12 heteroatoms. The Bertz CT molecular complexity index is 1240. The number of nitrogens with zero attached hydrogens (tertiary/aromatic N) is 1. The molecule has 1 fully saturated rings. The Hall–Kier alpha value is -1.50. The highest BCUT2D eigenvalue weighted by Gasteiger charge is 2.52. The van der Waals surface area contributed by atoms with Gasteiger partial charge in [-0.2, -0.15) is 0 Å². The Labute approximate surface area is 220 Å². The van der Waals surface area contributed by atoms with Crippen molar-refractivity contribution in [3.63, 3.8) is 0 Å². The summed E-state index contributed by atoms with van der Waals surface area (Å²) in [5.41, 5.74) is 0.00228. The van der Waals surface area contributed by atoms with E-state index in [0.29, 0.717) is 11.2 Å². The summed E-state index contributed by atoms with van der Waals surface area (Å²) in [5.74, 6) is -0.633. The molecule has 7 nitrogen and oxygen atoms in total. The Morgan fingerprint density at radius 1 is 1.14 bits per heavy atom. The van der Waals surface area contributed by atoms with Crippen LogP contribution < -0.4 is 10.2 Å². The Morgan fingerprint density at radius 3 is 2.25 bits per heavy atom. The molecule has 2 heterocycles. The van der Waals surface area contributed by atoms with Crippen molar-refractivity contribution in [2.24, 2.45) is 0 Å². The minimum Gasteiger partial charge on any atom is -0.411 e. The molecule has 2 aromatic rings. The molecule has 1 N–H and O–H groups in total. The average molecular weight is 557 g/mol. The van der Waals surface area contributed by atoms with E-state index < -0.39 is 42.5 Å². The highest BCUT2D eigenvalue weighted by molar-refractivity contribution is 7.92. The molecule has 0 amide bonds. The standard InChI is InChI=1S/C24H35BClFN2O5SSi/c1-22(2,3)36(8,9)32-15-20-19(29-35(30,31)21-11-10-17(27)13-18(21)26)12-16(14-28-20)25-33-23(4,5)24(6,7)34-25/h10-14,29H,15H2,1-9H3. The number of pyridine rings is 1.